The molecule has 4 N–H and O–H groups in total. The maximum absolute atomic E-state index is 9.43. The maximum atomic E-state index is 9.43. The lowest BCUT2D eigenvalue weighted by Gasteiger charge is -2.16. The number of rotatable bonds is 3. The van der Waals surface area contributed by atoms with E-state index in [0.717, 1.165) is 5.56 Å². The molecule has 0 radical (unpaired) electrons. The number of phenolic OH excluding ortho intramolecular Hbond substituents is 1. The van der Waals surface area contributed by atoms with Gasteiger partial charge in [0.2, 0.25) is 0 Å². The number of phenols is 1. The van der Waals surface area contributed by atoms with Crippen LogP contribution in [0.1, 0.15) is 18.5 Å². The number of nitrogen functional groups attached to an aromatic ring is 1. The minimum Gasteiger partial charge on any atom is -0.508 e. The van der Waals surface area contributed by atoms with Crippen molar-refractivity contribution in [3.05, 3.63) is 41.2 Å². The summed E-state index contributed by atoms with van der Waals surface area (Å²) >= 11 is 5.99. The number of halogens is 1. The molecule has 0 aliphatic carbocycles. The molecular weight excluding hydrogens is 252 g/mol. The van der Waals surface area contributed by atoms with Crippen LogP contribution in [0.3, 0.4) is 0 Å². The Kier molecular flexibility index (Phi) is 3.53. The Morgan fingerprint density at radius 3 is 2.89 bits per heavy atom. The van der Waals surface area contributed by atoms with Gasteiger partial charge >= 0.3 is 0 Å². The van der Waals surface area contributed by atoms with E-state index < -0.39 is 0 Å². The number of aromatic hydroxyl groups is 1. The quantitative estimate of drug-likeness (QED) is 0.794. The van der Waals surface area contributed by atoms with Gasteiger partial charge in [-0.1, -0.05) is 23.7 Å². The molecule has 1 unspecified atom stereocenters. The normalized spacial score (nSPS) is 12.1. The zero-order valence-electron chi connectivity index (χ0n) is 9.76. The van der Waals surface area contributed by atoms with E-state index in [1.54, 1.807) is 18.2 Å². The average Bonchev–Trinajstić information content (AvgIpc) is 2.35. The largest absolute Gasteiger partial charge is 0.508 e. The summed E-state index contributed by atoms with van der Waals surface area (Å²) in [5, 5.41) is 12.8. The van der Waals surface area contributed by atoms with Crippen LogP contribution >= 0.6 is 11.6 Å². The fraction of sp³-hybridized carbons (Fsp3) is 0.167. The van der Waals surface area contributed by atoms with Crippen LogP contribution in [0.4, 0.5) is 11.6 Å². The van der Waals surface area contributed by atoms with Gasteiger partial charge in [0.05, 0.1) is 6.04 Å². The topological polar surface area (TPSA) is 84.1 Å². The standard InChI is InChI=1S/C12H13ClN4O/c1-7(8-3-2-4-9(18)5-8)17-12-10(13)11(14)15-6-16-12/h2-7,18H,1H3,(H3,14,15,16,17). The molecule has 0 bridgehead atoms. The van der Waals surface area contributed by atoms with Crippen molar-refractivity contribution in [3.63, 3.8) is 0 Å². The van der Waals surface area contributed by atoms with Crippen molar-refractivity contribution in [2.45, 2.75) is 13.0 Å². The molecule has 0 spiro atoms. The Morgan fingerprint density at radius 1 is 1.39 bits per heavy atom. The van der Waals surface area contributed by atoms with E-state index >= 15 is 0 Å². The summed E-state index contributed by atoms with van der Waals surface area (Å²) < 4.78 is 0. The summed E-state index contributed by atoms with van der Waals surface area (Å²) in [4.78, 5) is 7.82. The predicted molar refractivity (Wildman–Crippen MR) is 71.6 cm³/mol. The van der Waals surface area contributed by atoms with Crippen LogP contribution in [-0.4, -0.2) is 15.1 Å². The zero-order chi connectivity index (χ0) is 13.1. The summed E-state index contributed by atoms with van der Waals surface area (Å²) in [6.07, 6.45) is 1.35. The highest BCUT2D eigenvalue weighted by Gasteiger charge is 2.11. The van der Waals surface area contributed by atoms with Gasteiger partial charge in [-0.2, -0.15) is 0 Å². The number of nitrogens with one attached hydrogen (secondary N) is 1. The Hall–Kier alpha value is -2.01. The number of hydrogen-bond donors (Lipinski definition) is 3. The molecule has 18 heavy (non-hydrogen) atoms. The summed E-state index contributed by atoms with van der Waals surface area (Å²) in [6.45, 7) is 1.93. The highest BCUT2D eigenvalue weighted by molar-refractivity contribution is 6.35. The molecule has 1 aromatic carbocycles. The summed E-state index contributed by atoms with van der Waals surface area (Å²) in [6, 6.07) is 6.90. The van der Waals surface area contributed by atoms with E-state index in [1.165, 1.54) is 6.33 Å². The first-order valence-electron chi connectivity index (χ1n) is 5.39. The lowest BCUT2D eigenvalue weighted by Crippen LogP contribution is -2.09. The van der Waals surface area contributed by atoms with Crippen LogP contribution in [0, 0.1) is 0 Å². The monoisotopic (exact) mass is 264 g/mol. The van der Waals surface area contributed by atoms with Crippen molar-refractivity contribution in [3.8, 4) is 5.75 Å². The van der Waals surface area contributed by atoms with Crippen molar-refractivity contribution in [1.29, 1.82) is 0 Å². The van der Waals surface area contributed by atoms with Crippen LogP contribution in [0.15, 0.2) is 30.6 Å². The zero-order valence-corrected chi connectivity index (χ0v) is 10.5. The average molecular weight is 265 g/mol. The second-order valence-corrected chi connectivity index (χ2v) is 4.26. The van der Waals surface area contributed by atoms with Gasteiger partial charge in [-0.05, 0) is 24.6 Å². The molecule has 5 nitrogen and oxygen atoms in total. The highest BCUT2D eigenvalue weighted by Crippen LogP contribution is 2.27. The SMILES string of the molecule is CC(Nc1ncnc(N)c1Cl)c1cccc(O)c1. The molecule has 1 atom stereocenters. The van der Waals surface area contributed by atoms with Gasteiger partial charge in [-0.25, -0.2) is 9.97 Å². The molecule has 0 saturated heterocycles. The smallest absolute Gasteiger partial charge is 0.150 e. The number of nitrogens with two attached hydrogens (primary N) is 1. The van der Waals surface area contributed by atoms with Gasteiger partial charge < -0.3 is 16.2 Å². The Labute approximate surface area is 110 Å². The number of anilines is 2. The Balaban J connectivity index is 2.21. The van der Waals surface area contributed by atoms with Gasteiger partial charge in [-0.3, -0.25) is 0 Å². The molecule has 0 aliphatic heterocycles. The molecule has 0 fully saturated rings. The molecule has 0 amide bonds. The van der Waals surface area contributed by atoms with Crippen molar-refractivity contribution in [2.75, 3.05) is 11.1 Å². The first-order chi connectivity index (χ1) is 8.58. The van der Waals surface area contributed by atoms with Crippen LogP contribution in [0.5, 0.6) is 5.75 Å². The fourth-order valence-corrected chi connectivity index (χ4v) is 1.72. The number of hydrogen-bond acceptors (Lipinski definition) is 5. The maximum Gasteiger partial charge on any atom is 0.150 e. The van der Waals surface area contributed by atoms with E-state index in [1.807, 2.05) is 13.0 Å². The third-order valence-corrected chi connectivity index (χ3v) is 2.91. The van der Waals surface area contributed by atoms with Crippen molar-refractivity contribution >= 4 is 23.2 Å². The van der Waals surface area contributed by atoms with E-state index in [9.17, 15) is 5.11 Å². The van der Waals surface area contributed by atoms with Crippen molar-refractivity contribution in [1.82, 2.24) is 9.97 Å². The highest BCUT2D eigenvalue weighted by atomic mass is 35.5. The predicted octanol–water partition coefficient (Wildman–Crippen LogP) is 2.59. The second-order valence-electron chi connectivity index (χ2n) is 3.88. The first kappa shape index (κ1) is 12.4. The fourth-order valence-electron chi connectivity index (χ4n) is 1.57. The van der Waals surface area contributed by atoms with E-state index in [-0.39, 0.29) is 17.6 Å². The summed E-state index contributed by atoms with van der Waals surface area (Å²) in [5.41, 5.74) is 6.52. The molecule has 0 aliphatic rings. The minimum atomic E-state index is -0.0658. The van der Waals surface area contributed by atoms with Gasteiger partial charge in [0.25, 0.3) is 0 Å². The third-order valence-electron chi connectivity index (χ3n) is 2.54. The molecular formula is C12H13ClN4O. The number of benzene rings is 1. The Morgan fingerprint density at radius 2 is 2.17 bits per heavy atom. The van der Waals surface area contributed by atoms with Gasteiger partial charge in [0.15, 0.2) is 5.82 Å². The molecule has 6 heteroatoms. The Bertz CT molecular complexity index is 562. The molecule has 0 saturated carbocycles. The van der Waals surface area contributed by atoms with Crippen LogP contribution in [-0.2, 0) is 0 Å². The van der Waals surface area contributed by atoms with Crippen LogP contribution in [0.2, 0.25) is 5.02 Å². The molecule has 2 aromatic rings. The number of aromatic nitrogens is 2. The van der Waals surface area contributed by atoms with E-state index in [0.29, 0.717) is 10.8 Å². The molecule has 1 heterocycles. The second kappa shape index (κ2) is 5.10. The minimum absolute atomic E-state index is 0.0658. The van der Waals surface area contributed by atoms with Gasteiger partial charge in [0.1, 0.15) is 22.9 Å². The van der Waals surface area contributed by atoms with E-state index in [4.69, 9.17) is 17.3 Å². The molecule has 1 aromatic heterocycles. The van der Waals surface area contributed by atoms with Gasteiger partial charge in [-0.15, -0.1) is 0 Å². The van der Waals surface area contributed by atoms with E-state index in [2.05, 4.69) is 15.3 Å². The van der Waals surface area contributed by atoms with Crippen molar-refractivity contribution in [2.24, 2.45) is 0 Å². The third kappa shape index (κ3) is 2.62. The lowest BCUT2D eigenvalue weighted by molar-refractivity contribution is 0.474. The molecule has 94 valence electrons. The summed E-state index contributed by atoms with van der Waals surface area (Å²) in [5.74, 6) is 0.923. The van der Waals surface area contributed by atoms with Crippen LogP contribution < -0.4 is 11.1 Å². The van der Waals surface area contributed by atoms with Crippen LogP contribution in [0.25, 0.3) is 0 Å². The van der Waals surface area contributed by atoms with Gasteiger partial charge in [0, 0.05) is 0 Å². The lowest BCUT2D eigenvalue weighted by atomic mass is 10.1. The number of nitrogens with zero attached hydrogens (tertiary/aromatic N) is 2. The summed E-state index contributed by atoms with van der Waals surface area (Å²) in [7, 11) is 0. The van der Waals surface area contributed by atoms with Crippen molar-refractivity contribution < 1.29 is 5.11 Å². The first-order valence-corrected chi connectivity index (χ1v) is 5.77. The molecule has 2 rings (SSSR count).